The summed E-state index contributed by atoms with van der Waals surface area (Å²) >= 11 is 1.36. The van der Waals surface area contributed by atoms with Gasteiger partial charge in [0.2, 0.25) is 0 Å². The molecular formula is C21H34N2O2S. The third-order valence-corrected chi connectivity index (χ3v) is 4.89. The number of allylic oxidation sites excluding steroid dienone is 1. The van der Waals surface area contributed by atoms with Gasteiger partial charge in [-0.25, -0.2) is 0 Å². The molecule has 0 aliphatic rings. The van der Waals surface area contributed by atoms with Crippen LogP contribution in [0.4, 0.5) is 11.4 Å². The van der Waals surface area contributed by atoms with Gasteiger partial charge < -0.3 is 15.3 Å². The number of thioether (sulfide) groups is 1. The van der Waals surface area contributed by atoms with Crippen LogP contribution in [-0.2, 0) is 4.79 Å². The van der Waals surface area contributed by atoms with Crippen LogP contribution in [0.25, 0.3) is 0 Å². The maximum atomic E-state index is 11.4. The molecule has 0 heterocycles. The molecule has 0 aliphatic carbocycles. The van der Waals surface area contributed by atoms with Crippen molar-refractivity contribution in [3.05, 3.63) is 30.5 Å². The van der Waals surface area contributed by atoms with Crippen molar-refractivity contribution < 1.29 is 9.90 Å². The summed E-state index contributed by atoms with van der Waals surface area (Å²) in [4.78, 5) is 14.8. The Morgan fingerprint density at radius 1 is 1.23 bits per heavy atom. The fraction of sp³-hybridized carbons (Fsp3) is 0.571. The van der Waals surface area contributed by atoms with Gasteiger partial charge in [-0.2, -0.15) is 0 Å². The zero-order valence-electron chi connectivity index (χ0n) is 17.2. The summed E-state index contributed by atoms with van der Waals surface area (Å²) in [5.41, 5.74) is 2.97. The van der Waals surface area contributed by atoms with E-state index in [1.165, 1.54) is 11.8 Å². The molecule has 1 aromatic rings. The lowest BCUT2D eigenvalue weighted by molar-refractivity contribution is -0.138. The normalized spacial score (nSPS) is 11.7. The van der Waals surface area contributed by atoms with E-state index in [9.17, 15) is 9.90 Å². The number of benzene rings is 1. The molecule has 0 atom stereocenters. The molecule has 26 heavy (non-hydrogen) atoms. The molecule has 0 aromatic heterocycles. The van der Waals surface area contributed by atoms with Gasteiger partial charge in [-0.1, -0.05) is 34.3 Å². The molecule has 2 N–H and O–H groups in total. The number of carboxylic acids is 1. The Kier molecular flexibility index (Phi) is 8.07. The monoisotopic (exact) mass is 378 g/mol. The minimum absolute atomic E-state index is 0.548. The van der Waals surface area contributed by atoms with E-state index >= 15 is 0 Å². The Hall–Kier alpha value is -1.62. The molecule has 0 saturated carbocycles. The second-order valence-corrected chi connectivity index (χ2v) is 9.89. The molecule has 146 valence electrons. The molecule has 1 aromatic carbocycles. The van der Waals surface area contributed by atoms with Crippen molar-refractivity contribution in [1.29, 1.82) is 0 Å². The topological polar surface area (TPSA) is 52.6 Å². The van der Waals surface area contributed by atoms with Gasteiger partial charge in [0.1, 0.15) is 4.75 Å². The zero-order valence-corrected chi connectivity index (χ0v) is 18.0. The van der Waals surface area contributed by atoms with E-state index in [1.54, 1.807) is 13.8 Å². The summed E-state index contributed by atoms with van der Waals surface area (Å²) in [7, 11) is 0. The van der Waals surface area contributed by atoms with E-state index in [0.717, 1.165) is 35.1 Å². The van der Waals surface area contributed by atoms with Gasteiger partial charge in [0.15, 0.2) is 0 Å². The fourth-order valence-corrected chi connectivity index (χ4v) is 3.66. The Labute approximate surface area is 163 Å². The fourth-order valence-electron chi connectivity index (χ4n) is 2.68. The molecule has 0 unspecified atom stereocenters. The lowest BCUT2D eigenvalue weighted by Gasteiger charge is -2.31. The number of hydrogen-bond donors (Lipinski definition) is 2. The first-order chi connectivity index (χ1) is 11.9. The lowest BCUT2D eigenvalue weighted by atomic mass is 10.1. The highest BCUT2D eigenvalue weighted by atomic mass is 32.2. The summed E-state index contributed by atoms with van der Waals surface area (Å²) < 4.78 is -0.877. The molecule has 0 radical (unpaired) electrons. The van der Waals surface area contributed by atoms with E-state index in [4.69, 9.17) is 0 Å². The first-order valence-corrected chi connectivity index (χ1v) is 9.98. The van der Waals surface area contributed by atoms with Crippen LogP contribution in [0.1, 0.15) is 48.5 Å². The molecular weight excluding hydrogens is 344 g/mol. The van der Waals surface area contributed by atoms with Crippen LogP contribution in [0.5, 0.6) is 0 Å². The lowest BCUT2D eigenvalue weighted by Crippen LogP contribution is -2.32. The van der Waals surface area contributed by atoms with Crippen LogP contribution in [0.15, 0.2) is 35.4 Å². The van der Waals surface area contributed by atoms with Crippen LogP contribution in [0.2, 0.25) is 0 Å². The standard InChI is InChI=1S/C21H34N2O2S/c1-14(2)12-23(13-15(3)4)19-10-9-17(11-18(19)22-16(5)6)26-21(7,8)20(24)25/h9-11,14-15,22H,5,12-13H2,1-4,6-8H3,(H,24,25). The molecule has 5 heteroatoms. The van der Waals surface area contributed by atoms with Crippen LogP contribution in [0, 0.1) is 11.8 Å². The summed E-state index contributed by atoms with van der Waals surface area (Å²) in [6, 6.07) is 6.14. The highest BCUT2D eigenvalue weighted by Gasteiger charge is 2.29. The number of nitrogens with one attached hydrogen (secondary N) is 1. The number of hydrogen-bond acceptors (Lipinski definition) is 4. The van der Waals surface area contributed by atoms with Gasteiger partial charge in [-0.15, -0.1) is 11.8 Å². The van der Waals surface area contributed by atoms with Crippen molar-refractivity contribution in [2.24, 2.45) is 11.8 Å². The Balaban J connectivity index is 3.28. The van der Waals surface area contributed by atoms with Gasteiger partial charge in [-0.05, 0) is 50.8 Å². The van der Waals surface area contributed by atoms with Gasteiger partial charge in [0.25, 0.3) is 0 Å². The summed E-state index contributed by atoms with van der Waals surface area (Å²) in [5, 5.41) is 12.8. The van der Waals surface area contributed by atoms with Crippen molar-refractivity contribution >= 4 is 29.1 Å². The zero-order chi connectivity index (χ0) is 20.1. The molecule has 0 saturated heterocycles. The second-order valence-electron chi connectivity index (χ2n) is 8.19. The van der Waals surface area contributed by atoms with E-state index in [-0.39, 0.29) is 0 Å². The van der Waals surface area contributed by atoms with Crippen molar-refractivity contribution in [3.63, 3.8) is 0 Å². The maximum absolute atomic E-state index is 11.4. The predicted octanol–water partition coefficient (Wildman–Crippen LogP) is 5.71. The van der Waals surface area contributed by atoms with Gasteiger partial charge in [0.05, 0.1) is 11.4 Å². The highest BCUT2D eigenvalue weighted by molar-refractivity contribution is 8.01. The maximum Gasteiger partial charge on any atom is 0.319 e. The largest absolute Gasteiger partial charge is 0.480 e. The molecule has 4 nitrogen and oxygen atoms in total. The number of nitrogens with zero attached hydrogens (tertiary/aromatic N) is 1. The number of carboxylic acid groups (broad SMARTS) is 1. The summed E-state index contributed by atoms with van der Waals surface area (Å²) in [6.07, 6.45) is 0. The Morgan fingerprint density at radius 2 is 1.77 bits per heavy atom. The van der Waals surface area contributed by atoms with Crippen molar-refractivity contribution in [1.82, 2.24) is 0 Å². The first-order valence-electron chi connectivity index (χ1n) is 9.16. The van der Waals surface area contributed by atoms with E-state index in [2.05, 4.69) is 50.6 Å². The van der Waals surface area contributed by atoms with E-state index in [1.807, 2.05) is 19.1 Å². The van der Waals surface area contributed by atoms with E-state index < -0.39 is 10.7 Å². The SMILES string of the molecule is C=C(C)Nc1cc(SC(C)(C)C(=O)O)ccc1N(CC(C)C)CC(C)C. The highest BCUT2D eigenvalue weighted by Crippen LogP contribution is 2.38. The third-order valence-electron chi connectivity index (χ3n) is 3.72. The van der Waals surface area contributed by atoms with Crippen LogP contribution >= 0.6 is 11.8 Å². The number of carbonyl (C=O) groups is 1. The van der Waals surface area contributed by atoms with Crippen molar-refractivity contribution in [2.45, 2.75) is 58.1 Å². The van der Waals surface area contributed by atoms with Crippen LogP contribution in [-0.4, -0.2) is 28.9 Å². The van der Waals surface area contributed by atoms with Gasteiger partial charge in [0, 0.05) is 23.7 Å². The van der Waals surface area contributed by atoms with Gasteiger partial charge >= 0.3 is 5.97 Å². The smallest absolute Gasteiger partial charge is 0.319 e. The van der Waals surface area contributed by atoms with E-state index in [0.29, 0.717) is 11.8 Å². The van der Waals surface area contributed by atoms with Crippen molar-refractivity contribution in [3.8, 4) is 0 Å². The minimum atomic E-state index is -0.877. The van der Waals surface area contributed by atoms with Crippen LogP contribution < -0.4 is 10.2 Å². The molecule has 0 amide bonds. The first kappa shape index (κ1) is 22.4. The summed E-state index contributed by atoms with van der Waals surface area (Å²) in [6.45, 7) is 20.2. The van der Waals surface area contributed by atoms with Crippen molar-refractivity contribution in [2.75, 3.05) is 23.3 Å². The number of anilines is 2. The Morgan fingerprint density at radius 3 is 2.19 bits per heavy atom. The average Bonchev–Trinajstić information content (AvgIpc) is 2.44. The second kappa shape index (κ2) is 9.36. The average molecular weight is 379 g/mol. The molecule has 1 rings (SSSR count). The minimum Gasteiger partial charge on any atom is -0.480 e. The molecule has 0 fully saturated rings. The number of aliphatic carboxylic acids is 1. The van der Waals surface area contributed by atoms with Gasteiger partial charge in [-0.3, -0.25) is 4.79 Å². The van der Waals surface area contributed by atoms with Crippen LogP contribution in [0.3, 0.4) is 0 Å². The molecule has 0 aliphatic heterocycles. The number of rotatable bonds is 10. The quantitative estimate of drug-likeness (QED) is 0.511. The predicted molar refractivity (Wildman–Crippen MR) is 114 cm³/mol. The third kappa shape index (κ3) is 6.94. The molecule has 0 spiro atoms. The Bertz CT molecular complexity index is 629. The molecule has 0 bridgehead atoms. The summed E-state index contributed by atoms with van der Waals surface area (Å²) in [5.74, 6) is 0.278.